The second-order valence-corrected chi connectivity index (χ2v) is 5.86. The first-order chi connectivity index (χ1) is 7.68. The molecule has 0 radical (unpaired) electrons. The molecule has 17 heavy (non-hydrogen) atoms. The van der Waals surface area contributed by atoms with Gasteiger partial charge in [-0.05, 0) is 59.0 Å². The van der Waals surface area contributed by atoms with Gasteiger partial charge in [0.15, 0.2) is 0 Å². The Hall–Kier alpha value is 0.160. The van der Waals surface area contributed by atoms with Crippen molar-refractivity contribution in [3.05, 3.63) is 33.4 Å². The van der Waals surface area contributed by atoms with E-state index in [1.807, 2.05) is 18.2 Å². The van der Waals surface area contributed by atoms with Crippen molar-refractivity contribution in [1.82, 2.24) is 0 Å². The minimum atomic E-state index is -0.388. The highest BCUT2D eigenvalue weighted by molar-refractivity contribution is 14.1. The first kappa shape index (κ1) is 15.2. The quantitative estimate of drug-likeness (QED) is 0.806. The van der Waals surface area contributed by atoms with Crippen LogP contribution in [0.1, 0.15) is 37.3 Å². The lowest BCUT2D eigenvalue weighted by Crippen LogP contribution is -2.31. The number of hydrogen-bond donors (Lipinski definition) is 2. The molecule has 0 unspecified atom stereocenters. The van der Waals surface area contributed by atoms with E-state index < -0.39 is 0 Å². The fourth-order valence-corrected chi connectivity index (χ4v) is 3.07. The van der Waals surface area contributed by atoms with E-state index in [9.17, 15) is 5.11 Å². The average molecular weight is 368 g/mol. The molecule has 0 amide bonds. The van der Waals surface area contributed by atoms with Crippen LogP contribution in [0.3, 0.4) is 0 Å². The van der Waals surface area contributed by atoms with Gasteiger partial charge >= 0.3 is 0 Å². The van der Waals surface area contributed by atoms with Gasteiger partial charge in [0.25, 0.3) is 0 Å². The smallest absolute Gasteiger partial charge is 0.0760 e. The molecule has 2 nitrogen and oxygen atoms in total. The number of aliphatic hydroxyl groups is 1. The molecule has 96 valence electrons. The first-order valence-corrected chi connectivity index (χ1v) is 6.95. The van der Waals surface area contributed by atoms with Crippen LogP contribution in [0.4, 0.5) is 0 Å². The number of hydrogen-bond acceptors (Lipinski definition) is 2. The largest absolute Gasteiger partial charge is 0.391 e. The zero-order valence-electron chi connectivity index (χ0n) is 9.68. The van der Waals surface area contributed by atoms with Crippen LogP contribution in [-0.2, 0) is 0 Å². The second-order valence-electron chi connectivity index (χ2n) is 4.62. The molecule has 2 atom stereocenters. The van der Waals surface area contributed by atoms with Crippen molar-refractivity contribution in [1.29, 1.82) is 0 Å². The van der Waals surface area contributed by atoms with Gasteiger partial charge in [0, 0.05) is 3.57 Å². The summed E-state index contributed by atoms with van der Waals surface area (Å²) in [4.78, 5) is 0. The molecule has 0 bridgehead atoms. The maximum atomic E-state index is 10.2. The summed E-state index contributed by atoms with van der Waals surface area (Å²) in [5, 5.41) is 10.2. The van der Waals surface area contributed by atoms with Gasteiger partial charge < -0.3 is 10.8 Å². The molecule has 3 N–H and O–H groups in total. The average Bonchev–Trinajstić information content (AvgIpc) is 2.80. The van der Waals surface area contributed by atoms with Crippen LogP contribution < -0.4 is 5.73 Å². The Kier molecular flexibility index (Phi) is 6.20. The second kappa shape index (κ2) is 6.92. The molecule has 0 aromatic heterocycles. The van der Waals surface area contributed by atoms with Crippen molar-refractivity contribution in [2.75, 3.05) is 0 Å². The molecule has 1 aromatic carbocycles. The maximum Gasteiger partial charge on any atom is 0.0760 e. The Balaban J connectivity index is 0.00000144. The topological polar surface area (TPSA) is 46.2 Å². The van der Waals surface area contributed by atoms with Gasteiger partial charge in [0.05, 0.1) is 12.1 Å². The third kappa shape index (κ3) is 3.81. The first-order valence-electron chi connectivity index (χ1n) is 5.87. The molecular weight excluding hydrogens is 349 g/mol. The molecule has 0 aliphatic heterocycles. The summed E-state index contributed by atoms with van der Waals surface area (Å²) in [5.74, 6) is 0.396. The standard InChI is InChI=1S/C13H18INO.ClH/c14-11-7-3-6-10(8-11)12(15)13(16)9-4-1-2-5-9;/h3,6-9,12-13,16H,1-2,4-5,15H2;1H/t12-,13+;/m0./s1. The third-order valence-electron chi connectivity index (χ3n) is 3.48. The monoisotopic (exact) mass is 367 g/mol. The number of rotatable bonds is 3. The van der Waals surface area contributed by atoms with Crippen LogP contribution in [0.5, 0.6) is 0 Å². The Bertz CT molecular complexity index is 355. The molecule has 1 aromatic rings. The zero-order chi connectivity index (χ0) is 11.5. The predicted octanol–water partition coefficient (Wildman–Crippen LogP) is 3.26. The number of nitrogens with two attached hydrogens (primary N) is 1. The van der Waals surface area contributed by atoms with Gasteiger partial charge in [0.2, 0.25) is 0 Å². The van der Waals surface area contributed by atoms with Crippen molar-refractivity contribution in [3.8, 4) is 0 Å². The summed E-state index contributed by atoms with van der Waals surface area (Å²) in [6.07, 6.45) is 4.33. The molecule has 1 saturated carbocycles. The third-order valence-corrected chi connectivity index (χ3v) is 4.16. The van der Waals surface area contributed by atoms with Crippen LogP contribution in [-0.4, -0.2) is 11.2 Å². The highest BCUT2D eigenvalue weighted by atomic mass is 127. The SMILES string of the molecule is Cl.N[C@@H](c1cccc(I)c1)[C@H](O)C1CCCC1. The lowest BCUT2D eigenvalue weighted by molar-refractivity contribution is 0.0845. The Labute approximate surface area is 123 Å². The van der Waals surface area contributed by atoms with Crippen molar-refractivity contribution in [2.24, 2.45) is 11.7 Å². The fraction of sp³-hybridized carbons (Fsp3) is 0.538. The Morgan fingerprint density at radius 1 is 1.29 bits per heavy atom. The number of benzene rings is 1. The zero-order valence-corrected chi connectivity index (χ0v) is 12.7. The van der Waals surface area contributed by atoms with E-state index in [0.29, 0.717) is 5.92 Å². The highest BCUT2D eigenvalue weighted by Crippen LogP contribution is 2.32. The summed E-state index contributed by atoms with van der Waals surface area (Å²) in [6, 6.07) is 7.86. The summed E-state index contributed by atoms with van der Waals surface area (Å²) in [6.45, 7) is 0. The van der Waals surface area contributed by atoms with Crippen LogP contribution in [0, 0.1) is 9.49 Å². The van der Waals surface area contributed by atoms with Crippen molar-refractivity contribution in [2.45, 2.75) is 37.8 Å². The number of aliphatic hydroxyl groups excluding tert-OH is 1. The van der Waals surface area contributed by atoms with E-state index in [4.69, 9.17) is 5.73 Å². The van der Waals surface area contributed by atoms with Crippen LogP contribution in [0.25, 0.3) is 0 Å². The molecule has 0 spiro atoms. The summed E-state index contributed by atoms with van der Waals surface area (Å²) >= 11 is 2.27. The van der Waals surface area contributed by atoms with E-state index in [-0.39, 0.29) is 24.6 Å². The van der Waals surface area contributed by atoms with Gasteiger partial charge in [-0.1, -0.05) is 25.0 Å². The molecule has 0 saturated heterocycles. The van der Waals surface area contributed by atoms with Crippen LogP contribution >= 0.6 is 35.0 Å². The fourth-order valence-electron chi connectivity index (χ4n) is 2.50. The summed E-state index contributed by atoms with van der Waals surface area (Å²) in [7, 11) is 0. The minimum absolute atomic E-state index is 0. The molecule has 4 heteroatoms. The van der Waals surface area contributed by atoms with Gasteiger partial charge in [-0.25, -0.2) is 0 Å². The van der Waals surface area contributed by atoms with E-state index in [1.54, 1.807) is 0 Å². The Morgan fingerprint density at radius 2 is 1.94 bits per heavy atom. The molecule has 1 fully saturated rings. The Morgan fingerprint density at radius 3 is 2.53 bits per heavy atom. The maximum absolute atomic E-state index is 10.2. The minimum Gasteiger partial charge on any atom is -0.391 e. The van der Waals surface area contributed by atoms with Crippen LogP contribution in [0.2, 0.25) is 0 Å². The van der Waals surface area contributed by atoms with E-state index in [0.717, 1.165) is 18.4 Å². The van der Waals surface area contributed by atoms with Crippen molar-refractivity contribution >= 4 is 35.0 Å². The lowest BCUT2D eigenvalue weighted by Gasteiger charge is -2.24. The molecule has 1 aliphatic carbocycles. The van der Waals surface area contributed by atoms with Crippen LogP contribution in [0.15, 0.2) is 24.3 Å². The van der Waals surface area contributed by atoms with Crippen molar-refractivity contribution in [3.63, 3.8) is 0 Å². The molecule has 2 rings (SSSR count). The van der Waals surface area contributed by atoms with E-state index >= 15 is 0 Å². The van der Waals surface area contributed by atoms with Gasteiger partial charge in [-0.2, -0.15) is 0 Å². The predicted molar refractivity (Wildman–Crippen MR) is 81.3 cm³/mol. The summed E-state index contributed by atoms with van der Waals surface area (Å²) in [5.41, 5.74) is 7.18. The molecule has 1 aliphatic rings. The summed E-state index contributed by atoms with van der Waals surface area (Å²) < 4.78 is 1.17. The van der Waals surface area contributed by atoms with Gasteiger partial charge in [-0.15, -0.1) is 12.4 Å². The lowest BCUT2D eigenvalue weighted by atomic mass is 9.91. The highest BCUT2D eigenvalue weighted by Gasteiger charge is 2.28. The van der Waals surface area contributed by atoms with Gasteiger partial charge in [0.1, 0.15) is 0 Å². The van der Waals surface area contributed by atoms with Gasteiger partial charge in [-0.3, -0.25) is 0 Å². The van der Waals surface area contributed by atoms with E-state index in [2.05, 4.69) is 28.7 Å². The molecular formula is C13H19ClINO. The normalized spacial score (nSPS) is 19.7. The number of halogens is 2. The molecule has 0 heterocycles. The van der Waals surface area contributed by atoms with E-state index in [1.165, 1.54) is 16.4 Å². The van der Waals surface area contributed by atoms with Crippen molar-refractivity contribution < 1.29 is 5.11 Å².